The molecular weight excluding hydrogens is 218 g/mol. The average Bonchev–Trinajstić information content (AvgIpc) is 2.72. The number of aromatic nitrogens is 4. The van der Waals surface area contributed by atoms with Crippen LogP contribution in [0.25, 0.3) is 11.3 Å². The lowest BCUT2D eigenvalue weighted by Gasteiger charge is -2.03. The summed E-state index contributed by atoms with van der Waals surface area (Å²) in [6.45, 7) is 0.579. The monoisotopic (exact) mass is 233 g/mol. The highest BCUT2D eigenvalue weighted by molar-refractivity contribution is 5.60. The third-order valence-corrected chi connectivity index (χ3v) is 2.32. The van der Waals surface area contributed by atoms with Gasteiger partial charge in [-0.3, -0.25) is 4.68 Å². The molecule has 2 N–H and O–H groups in total. The minimum absolute atomic E-state index is 0.463. The van der Waals surface area contributed by atoms with Gasteiger partial charge < -0.3 is 10.5 Å². The lowest BCUT2D eigenvalue weighted by atomic mass is 10.2. The van der Waals surface area contributed by atoms with Gasteiger partial charge in [0.25, 0.3) is 0 Å². The molecule has 0 aliphatic carbocycles. The highest BCUT2D eigenvalue weighted by Gasteiger charge is 2.06. The molecule has 2 rings (SSSR count). The summed E-state index contributed by atoms with van der Waals surface area (Å²) in [7, 11) is 3.51. The molecule has 0 aromatic carbocycles. The van der Waals surface area contributed by atoms with Crippen LogP contribution in [0.3, 0.4) is 0 Å². The van der Waals surface area contributed by atoms with Crippen LogP contribution < -0.4 is 5.73 Å². The van der Waals surface area contributed by atoms with Gasteiger partial charge in [0.15, 0.2) is 0 Å². The number of rotatable bonds is 4. The van der Waals surface area contributed by atoms with Crippen LogP contribution in [0.2, 0.25) is 0 Å². The highest BCUT2D eigenvalue weighted by Crippen LogP contribution is 2.17. The van der Waals surface area contributed by atoms with E-state index in [1.165, 1.54) is 0 Å². The molecule has 0 aliphatic rings. The summed E-state index contributed by atoms with van der Waals surface area (Å²) in [4.78, 5) is 8.59. The van der Waals surface area contributed by atoms with Crippen molar-refractivity contribution in [3.05, 3.63) is 24.3 Å². The van der Waals surface area contributed by atoms with Gasteiger partial charge in [0, 0.05) is 38.4 Å². The molecular formula is C11H15N5O. The number of nitrogens with two attached hydrogens (primary N) is 1. The molecule has 0 unspecified atom stereocenters. The molecule has 6 heteroatoms. The zero-order chi connectivity index (χ0) is 12.3. The maximum Gasteiger partial charge on any atom is 0.133 e. The van der Waals surface area contributed by atoms with Crippen LogP contribution in [0.4, 0.5) is 5.82 Å². The third kappa shape index (κ3) is 2.79. The van der Waals surface area contributed by atoms with Gasteiger partial charge in [-0.15, -0.1) is 0 Å². The van der Waals surface area contributed by atoms with Gasteiger partial charge in [0.1, 0.15) is 11.6 Å². The van der Waals surface area contributed by atoms with E-state index in [0.717, 1.165) is 11.3 Å². The van der Waals surface area contributed by atoms with E-state index in [9.17, 15) is 0 Å². The Kier molecular flexibility index (Phi) is 3.34. The van der Waals surface area contributed by atoms with Crippen molar-refractivity contribution in [3.63, 3.8) is 0 Å². The van der Waals surface area contributed by atoms with E-state index in [1.807, 2.05) is 13.2 Å². The molecule has 2 heterocycles. The van der Waals surface area contributed by atoms with Crippen molar-refractivity contribution in [3.8, 4) is 11.3 Å². The van der Waals surface area contributed by atoms with E-state index in [4.69, 9.17) is 10.5 Å². The van der Waals surface area contributed by atoms with E-state index < -0.39 is 0 Å². The number of aryl methyl sites for hydroxylation is 1. The van der Waals surface area contributed by atoms with Crippen LogP contribution in [0.1, 0.15) is 5.82 Å². The van der Waals surface area contributed by atoms with Gasteiger partial charge in [0.2, 0.25) is 0 Å². The Morgan fingerprint density at radius 3 is 2.88 bits per heavy atom. The Morgan fingerprint density at radius 1 is 1.41 bits per heavy atom. The Hall–Kier alpha value is -1.95. The van der Waals surface area contributed by atoms with Gasteiger partial charge in [0.05, 0.1) is 18.5 Å². The second-order valence-electron chi connectivity index (χ2n) is 3.74. The molecule has 0 radical (unpaired) electrons. The molecule has 0 amide bonds. The van der Waals surface area contributed by atoms with E-state index >= 15 is 0 Å². The fraction of sp³-hybridized carbons (Fsp3) is 0.364. The predicted molar refractivity (Wildman–Crippen MR) is 64.2 cm³/mol. The van der Waals surface area contributed by atoms with Gasteiger partial charge in [-0.05, 0) is 0 Å². The number of hydrogen-bond acceptors (Lipinski definition) is 5. The Balaban J connectivity index is 2.31. The van der Waals surface area contributed by atoms with Crippen molar-refractivity contribution in [1.82, 2.24) is 19.7 Å². The minimum atomic E-state index is 0.463. The zero-order valence-electron chi connectivity index (χ0n) is 9.92. The standard InChI is InChI=1S/C11H15N5O/c1-16-7-8(6-13-16)9-5-10(12)15-11(14-9)3-4-17-2/h5-7H,3-4H2,1-2H3,(H2,12,14,15). The maximum atomic E-state index is 5.76. The number of nitrogen functional groups attached to an aromatic ring is 1. The quantitative estimate of drug-likeness (QED) is 0.838. The molecule has 2 aromatic rings. The van der Waals surface area contributed by atoms with Crippen molar-refractivity contribution in [2.75, 3.05) is 19.5 Å². The summed E-state index contributed by atoms with van der Waals surface area (Å²) in [5.41, 5.74) is 7.48. The summed E-state index contributed by atoms with van der Waals surface area (Å²) in [6.07, 6.45) is 4.29. The van der Waals surface area contributed by atoms with Crippen LogP contribution in [0.5, 0.6) is 0 Å². The molecule has 0 saturated heterocycles. The summed E-state index contributed by atoms with van der Waals surface area (Å²) in [5.74, 6) is 1.15. The summed E-state index contributed by atoms with van der Waals surface area (Å²) < 4.78 is 6.72. The molecule has 90 valence electrons. The topological polar surface area (TPSA) is 78.9 Å². The fourth-order valence-corrected chi connectivity index (χ4v) is 1.52. The molecule has 0 spiro atoms. The second kappa shape index (κ2) is 4.92. The minimum Gasteiger partial charge on any atom is -0.384 e. The number of ether oxygens (including phenoxy) is 1. The highest BCUT2D eigenvalue weighted by atomic mass is 16.5. The lowest BCUT2D eigenvalue weighted by molar-refractivity contribution is 0.200. The van der Waals surface area contributed by atoms with Crippen molar-refractivity contribution in [2.24, 2.45) is 7.05 Å². The first kappa shape index (κ1) is 11.5. The Bertz CT molecular complexity index is 508. The lowest BCUT2D eigenvalue weighted by Crippen LogP contribution is -2.04. The molecule has 0 aliphatic heterocycles. The normalized spacial score (nSPS) is 10.7. The summed E-state index contributed by atoms with van der Waals surface area (Å²) in [6, 6.07) is 1.74. The van der Waals surface area contributed by atoms with Crippen LogP contribution in [-0.4, -0.2) is 33.5 Å². The van der Waals surface area contributed by atoms with Crippen molar-refractivity contribution in [1.29, 1.82) is 0 Å². The Morgan fingerprint density at radius 2 is 2.24 bits per heavy atom. The van der Waals surface area contributed by atoms with Crippen molar-refractivity contribution < 1.29 is 4.74 Å². The van der Waals surface area contributed by atoms with Gasteiger partial charge in [-0.25, -0.2) is 9.97 Å². The molecule has 0 fully saturated rings. The summed E-state index contributed by atoms with van der Waals surface area (Å²) >= 11 is 0. The molecule has 17 heavy (non-hydrogen) atoms. The number of nitrogens with zero attached hydrogens (tertiary/aromatic N) is 4. The van der Waals surface area contributed by atoms with Crippen LogP contribution in [0.15, 0.2) is 18.5 Å². The number of anilines is 1. The van der Waals surface area contributed by atoms with Gasteiger partial charge in [-0.1, -0.05) is 0 Å². The van der Waals surface area contributed by atoms with E-state index in [2.05, 4.69) is 15.1 Å². The maximum absolute atomic E-state index is 5.76. The van der Waals surface area contributed by atoms with Gasteiger partial charge in [-0.2, -0.15) is 5.10 Å². The first-order valence-corrected chi connectivity index (χ1v) is 5.30. The van der Waals surface area contributed by atoms with Crippen molar-refractivity contribution >= 4 is 5.82 Å². The average molecular weight is 233 g/mol. The number of hydrogen-bond donors (Lipinski definition) is 1. The first-order chi connectivity index (χ1) is 8.19. The van der Waals surface area contributed by atoms with Gasteiger partial charge >= 0.3 is 0 Å². The fourth-order valence-electron chi connectivity index (χ4n) is 1.52. The smallest absolute Gasteiger partial charge is 0.133 e. The molecule has 0 saturated carbocycles. The van der Waals surface area contributed by atoms with Crippen LogP contribution >= 0.6 is 0 Å². The molecule has 0 atom stereocenters. The molecule has 6 nitrogen and oxygen atoms in total. The van der Waals surface area contributed by atoms with E-state index in [0.29, 0.717) is 24.7 Å². The van der Waals surface area contributed by atoms with Crippen LogP contribution in [0, 0.1) is 0 Å². The molecule has 2 aromatic heterocycles. The van der Waals surface area contributed by atoms with E-state index in [1.54, 1.807) is 24.1 Å². The first-order valence-electron chi connectivity index (χ1n) is 5.30. The largest absolute Gasteiger partial charge is 0.384 e. The zero-order valence-corrected chi connectivity index (χ0v) is 9.92. The van der Waals surface area contributed by atoms with Crippen LogP contribution in [-0.2, 0) is 18.2 Å². The summed E-state index contributed by atoms with van der Waals surface area (Å²) in [5, 5.41) is 4.11. The Labute approximate surface area is 99.4 Å². The third-order valence-electron chi connectivity index (χ3n) is 2.32. The predicted octanol–water partition coefficient (Wildman–Crippen LogP) is 0.648. The van der Waals surface area contributed by atoms with Crippen molar-refractivity contribution in [2.45, 2.75) is 6.42 Å². The SMILES string of the molecule is COCCc1nc(N)cc(-c2cnn(C)c2)n1. The number of methoxy groups -OCH3 is 1. The second-order valence-corrected chi connectivity index (χ2v) is 3.74. The molecule has 0 bridgehead atoms. The van der Waals surface area contributed by atoms with E-state index in [-0.39, 0.29) is 0 Å².